The summed E-state index contributed by atoms with van der Waals surface area (Å²) in [5.41, 5.74) is 2.15. The number of carboxylic acid groups (broad SMARTS) is 1. The Morgan fingerprint density at radius 2 is 1.94 bits per heavy atom. The summed E-state index contributed by atoms with van der Waals surface area (Å²) in [4.78, 5) is 26.8. The molecule has 0 amide bonds. The molecule has 5 rings (SSSR count). The Labute approximate surface area is 200 Å². The molecule has 0 spiro atoms. The van der Waals surface area contributed by atoms with Gasteiger partial charge in [0, 0.05) is 36.3 Å². The first-order valence-corrected chi connectivity index (χ1v) is 12.4. The Hall–Kier alpha value is -2.80. The number of rotatable bonds is 7. The first-order valence-electron chi connectivity index (χ1n) is 12.4. The Morgan fingerprint density at radius 3 is 2.65 bits per heavy atom. The van der Waals surface area contributed by atoms with Crippen molar-refractivity contribution in [3.8, 4) is 22.8 Å². The van der Waals surface area contributed by atoms with Gasteiger partial charge in [-0.15, -0.1) is 0 Å². The molecule has 2 atom stereocenters. The van der Waals surface area contributed by atoms with E-state index in [4.69, 9.17) is 9.47 Å². The van der Waals surface area contributed by atoms with E-state index in [0.717, 1.165) is 48.4 Å². The van der Waals surface area contributed by atoms with Crippen LogP contribution in [0.15, 0.2) is 29.2 Å². The number of ether oxygens (including phenoxy) is 2. The average molecular weight is 467 g/mol. The van der Waals surface area contributed by atoms with E-state index in [-0.39, 0.29) is 22.9 Å². The molecule has 0 bridgehead atoms. The van der Waals surface area contributed by atoms with Gasteiger partial charge < -0.3 is 24.0 Å². The van der Waals surface area contributed by atoms with Crippen LogP contribution >= 0.6 is 0 Å². The third-order valence-corrected chi connectivity index (χ3v) is 7.98. The predicted molar refractivity (Wildman–Crippen MR) is 130 cm³/mol. The zero-order chi connectivity index (χ0) is 24.0. The highest BCUT2D eigenvalue weighted by Crippen LogP contribution is 2.59. The number of likely N-dealkylation sites (tertiary alicyclic amines) is 1. The lowest BCUT2D eigenvalue weighted by Gasteiger charge is -2.40. The van der Waals surface area contributed by atoms with Gasteiger partial charge in [0.25, 0.3) is 0 Å². The molecule has 1 N–H and O–H groups in total. The minimum Gasteiger partial charge on any atom is -0.493 e. The molecular weight excluding hydrogens is 432 g/mol. The number of aromatic carboxylic acids is 1. The van der Waals surface area contributed by atoms with E-state index in [1.54, 1.807) is 13.3 Å². The molecule has 1 saturated carbocycles. The lowest BCUT2D eigenvalue weighted by Crippen LogP contribution is -2.32. The minimum absolute atomic E-state index is 0.0291. The molecule has 1 saturated heterocycles. The summed E-state index contributed by atoms with van der Waals surface area (Å²) >= 11 is 0. The quantitative estimate of drug-likeness (QED) is 0.603. The van der Waals surface area contributed by atoms with E-state index in [1.165, 1.54) is 32.0 Å². The van der Waals surface area contributed by atoms with Crippen LogP contribution in [0.1, 0.15) is 73.8 Å². The minimum atomic E-state index is -1.19. The van der Waals surface area contributed by atoms with E-state index in [1.807, 2.05) is 10.6 Å². The predicted octanol–water partition coefficient (Wildman–Crippen LogP) is 4.55. The SMILES string of the molecule is COc1cc2c(cc1OCCCN1CCCC1)[C@@H]1CCC(C)(C)[C@@H]1n1cc(C(=O)O)c(=O)cc1-2. The van der Waals surface area contributed by atoms with Gasteiger partial charge in [-0.2, -0.15) is 0 Å². The van der Waals surface area contributed by atoms with Crippen LogP contribution in [-0.4, -0.2) is 53.9 Å². The topological polar surface area (TPSA) is 81.0 Å². The fourth-order valence-corrected chi connectivity index (χ4v) is 6.28. The first-order chi connectivity index (χ1) is 16.3. The second kappa shape index (κ2) is 8.77. The number of nitrogens with zero attached hydrogens (tertiary/aromatic N) is 2. The van der Waals surface area contributed by atoms with Crippen LogP contribution in [-0.2, 0) is 0 Å². The molecule has 0 unspecified atom stereocenters. The third-order valence-electron chi connectivity index (χ3n) is 7.98. The number of pyridine rings is 1. The molecule has 3 heterocycles. The third kappa shape index (κ3) is 3.90. The number of benzene rings is 1. The van der Waals surface area contributed by atoms with Gasteiger partial charge in [-0.1, -0.05) is 13.8 Å². The lowest BCUT2D eigenvalue weighted by atomic mass is 9.77. The molecule has 34 heavy (non-hydrogen) atoms. The van der Waals surface area contributed by atoms with E-state index >= 15 is 0 Å². The van der Waals surface area contributed by atoms with Crippen LogP contribution in [0, 0.1) is 5.41 Å². The van der Waals surface area contributed by atoms with Crippen LogP contribution in [0.3, 0.4) is 0 Å². The standard InChI is InChI=1S/C27H34N2O5/c1-27(2)8-7-17-18-13-24(34-12-6-11-28-9-4-5-10-28)23(33-3)14-19(18)21-15-22(30)20(26(31)32)16-29(21)25(17)27/h13-17,25H,4-12H2,1-3H3,(H,31,32)/t17-,25+/m0/s1. The van der Waals surface area contributed by atoms with Gasteiger partial charge in [0.1, 0.15) is 5.56 Å². The highest BCUT2D eigenvalue weighted by molar-refractivity contribution is 5.88. The number of hydrogen-bond donors (Lipinski definition) is 1. The van der Waals surface area contributed by atoms with Gasteiger partial charge in [-0.25, -0.2) is 4.79 Å². The van der Waals surface area contributed by atoms with Crippen molar-refractivity contribution in [1.29, 1.82) is 0 Å². The molecule has 2 fully saturated rings. The van der Waals surface area contributed by atoms with Crippen LogP contribution < -0.4 is 14.9 Å². The van der Waals surface area contributed by atoms with Crippen molar-refractivity contribution in [2.45, 2.75) is 57.9 Å². The van der Waals surface area contributed by atoms with Gasteiger partial charge >= 0.3 is 5.97 Å². The molecule has 1 aromatic heterocycles. The number of carboxylic acids is 1. The van der Waals surface area contributed by atoms with Crippen LogP contribution in [0.5, 0.6) is 11.5 Å². The van der Waals surface area contributed by atoms with Gasteiger partial charge in [-0.05, 0) is 68.3 Å². The number of fused-ring (bicyclic) bond motifs is 6. The van der Waals surface area contributed by atoms with Crippen molar-refractivity contribution in [1.82, 2.24) is 9.47 Å². The maximum atomic E-state index is 12.6. The Kier molecular flexibility index (Phi) is 5.92. The highest BCUT2D eigenvalue weighted by atomic mass is 16.5. The molecule has 2 aromatic rings. The molecule has 7 heteroatoms. The molecule has 0 radical (unpaired) electrons. The largest absolute Gasteiger partial charge is 0.493 e. The summed E-state index contributed by atoms with van der Waals surface area (Å²) in [5, 5.41) is 9.57. The zero-order valence-electron chi connectivity index (χ0n) is 20.3. The fraction of sp³-hybridized carbons (Fsp3) is 0.556. The number of hydrogen-bond acceptors (Lipinski definition) is 5. The second-order valence-electron chi connectivity index (χ2n) is 10.6. The van der Waals surface area contributed by atoms with Gasteiger partial charge in [0.15, 0.2) is 16.9 Å². The van der Waals surface area contributed by atoms with E-state index in [2.05, 4.69) is 24.8 Å². The molecule has 1 aromatic carbocycles. The van der Waals surface area contributed by atoms with Crippen LogP contribution in [0.25, 0.3) is 11.3 Å². The first kappa shape index (κ1) is 23.0. The van der Waals surface area contributed by atoms with E-state index in [0.29, 0.717) is 12.4 Å². The number of carbonyl (C=O) groups is 1. The van der Waals surface area contributed by atoms with Gasteiger partial charge in [0.2, 0.25) is 0 Å². The Morgan fingerprint density at radius 1 is 1.18 bits per heavy atom. The fourth-order valence-electron chi connectivity index (χ4n) is 6.28. The number of aromatic nitrogens is 1. The molecule has 1 aliphatic carbocycles. The molecule has 7 nitrogen and oxygen atoms in total. The lowest BCUT2D eigenvalue weighted by molar-refractivity contribution is 0.0693. The number of methoxy groups -OCH3 is 1. The van der Waals surface area contributed by atoms with Crippen molar-refractivity contribution in [3.05, 3.63) is 45.7 Å². The van der Waals surface area contributed by atoms with Crippen molar-refractivity contribution >= 4 is 5.97 Å². The molecule has 2 aliphatic heterocycles. The van der Waals surface area contributed by atoms with Crippen LogP contribution in [0.2, 0.25) is 0 Å². The average Bonchev–Trinajstić information content (AvgIpc) is 3.43. The van der Waals surface area contributed by atoms with E-state index in [9.17, 15) is 14.7 Å². The normalized spacial score (nSPS) is 22.7. The Balaban J connectivity index is 1.53. The van der Waals surface area contributed by atoms with Crippen molar-refractivity contribution in [3.63, 3.8) is 0 Å². The van der Waals surface area contributed by atoms with Gasteiger partial charge in [-0.3, -0.25) is 4.79 Å². The molecular formula is C27H34N2O5. The summed E-state index contributed by atoms with van der Waals surface area (Å²) in [6.45, 7) is 8.50. The molecule has 182 valence electrons. The maximum Gasteiger partial charge on any atom is 0.341 e. The summed E-state index contributed by atoms with van der Waals surface area (Å²) in [6.07, 6.45) is 7.11. The van der Waals surface area contributed by atoms with Crippen molar-refractivity contribution in [2.75, 3.05) is 33.4 Å². The highest BCUT2D eigenvalue weighted by Gasteiger charge is 2.47. The molecule has 3 aliphatic rings. The second-order valence-corrected chi connectivity index (χ2v) is 10.6. The van der Waals surface area contributed by atoms with Crippen LogP contribution in [0.4, 0.5) is 0 Å². The summed E-state index contributed by atoms with van der Waals surface area (Å²) < 4.78 is 13.9. The smallest absolute Gasteiger partial charge is 0.341 e. The van der Waals surface area contributed by atoms with E-state index < -0.39 is 11.4 Å². The monoisotopic (exact) mass is 466 g/mol. The van der Waals surface area contributed by atoms with Gasteiger partial charge in [0.05, 0.1) is 19.4 Å². The maximum absolute atomic E-state index is 12.6. The van der Waals surface area contributed by atoms with Crippen molar-refractivity contribution < 1.29 is 19.4 Å². The summed E-state index contributed by atoms with van der Waals surface area (Å²) in [6, 6.07) is 5.61. The summed E-state index contributed by atoms with van der Waals surface area (Å²) in [7, 11) is 1.63. The van der Waals surface area contributed by atoms with Crippen molar-refractivity contribution in [2.24, 2.45) is 5.41 Å². The zero-order valence-corrected chi connectivity index (χ0v) is 20.3. The Bertz CT molecular complexity index is 1160. The summed E-state index contributed by atoms with van der Waals surface area (Å²) in [5.74, 6) is 0.411.